The van der Waals surface area contributed by atoms with Crippen molar-refractivity contribution in [3.05, 3.63) is 35.9 Å². The molecule has 0 aliphatic carbocycles. The van der Waals surface area contributed by atoms with Gasteiger partial charge in [-0.05, 0) is 43.7 Å². The van der Waals surface area contributed by atoms with Gasteiger partial charge in [-0.15, -0.1) is 0 Å². The van der Waals surface area contributed by atoms with Gasteiger partial charge >= 0.3 is 0 Å². The number of nitrogens with zero attached hydrogens (tertiary/aromatic N) is 2. The lowest BCUT2D eigenvalue weighted by Gasteiger charge is -2.22. The first kappa shape index (κ1) is 19.3. The Morgan fingerprint density at radius 2 is 2.04 bits per heavy atom. The Balaban J connectivity index is 1.80. The Morgan fingerprint density at radius 1 is 1.28 bits per heavy atom. The van der Waals surface area contributed by atoms with Crippen LogP contribution in [0.15, 0.2) is 35.3 Å². The molecule has 1 saturated heterocycles. The second-order valence-electron chi connectivity index (χ2n) is 7.09. The van der Waals surface area contributed by atoms with Crippen LogP contribution in [0.4, 0.5) is 0 Å². The van der Waals surface area contributed by atoms with Crippen molar-refractivity contribution < 1.29 is 4.79 Å². The first-order valence-corrected chi connectivity index (χ1v) is 9.46. The van der Waals surface area contributed by atoms with E-state index < -0.39 is 0 Å². The predicted molar refractivity (Wildman–Crippen MR) is 104 cm³/mol. The highest BCUT2D eigenvalue weighted by Gasteiger charge is 2.25. The summed E-state index contributed by atoms with van der Waals surface area (Å²) in [6.45, 7) is 10.8. The topological polar surface area (TPSA) is 56.7 Å². The minimum absolute atomic E-state index is 0.0426. The monoisotopic (exact) mass is 344 g/mol. The van der Waals surface area contributed by atoms with Crippen molar-refractivity contribution >= 4 is 11.9 Å². The van der Waals surface area contributed by atoms with Gasteiger partial charge in [0.1, 0.15) is 0 Å². The maximum Gasteiger partial charge on any atom is 0.251 e. The minimum Gasteiger partial charge on any atom is -0.357 e. The van der Waals surface area contributed by atoms with Crippen LogP contribution in [0.2, 0.25) is 0 Å². The van der Waals surface area contributed by atoms with E-state index in [0.29, 0.717) is 18.7 Å². The molecule has 5 heteroatoms. The molecule has 1 fully saturated rings. The van der Waals surface area contributed by atoms with E-state index in [9.17, 15) is 4.79 Å². The van der Waals surface area contributed by atoms with Crippen molar-refractivity contribution in [3.63, 3.8) is 0 Å². The Hall–Kier alpha value is -2.04. The summed E-state index contributed by atoms with van der Waals surface area (Å²) in [6.07, 6.45) is 2.52. The van der Waals surface area contributed by atoms with E-state index in [4.69, 9.17) is 4.99 Å². The third-order valence-corrected chi connectivity index (χ3v) is 4.42. The molecular weight excluding hydrogens is 312 g/mol. The minimum atomic E-state index is -0.0426. The first-order valence-electron chi connectivity index (χ1n) is 9.46. The molecule has 1 amide bonds. The van der Waals surface area contributed by atoms with E-state index in [1.807, 2.05) is 30.3 Å². The average Bonchev–Trinajstić information content (AvgIpc) is 3.05. The number of nitrogens with one attached hydrogen (secondary N) is 2. The molecule has 0 aromatic heterocycles. The smallest absolute Gasteiger partial charge is 0.251 e. The molecule has 1 aliphatic heterocycles. The zero-order chi connectivity index (χ0) is 18.1. The summed E-state index contributed by atoms with van der Waals surface area (Å²) in [5, 5.41) is 6.31. The number of carbonyl (C=O) groups excluding carboxylic acids is 1. The lowest BCUT2D eigenvalue weighted by atomic mass is 9.97. The normalized spacial score (nSPS) is 17.8. The fraction of sp³-hybridized carbons (Fsp3) is 0.600. The highest BCUT2D eigenvalue weighted by atomic mass is 16.1. The Labute approximate surface area is 151 Å². The molecule has 1 aromatic carbocycles. The van der Waals surface area contributed by atoms with Crippen LogP contribution in [0, 0.1) is 11.8 Å². The van der Waals surface area contributed by atoms with Crippen LogP contribution < -0.4 is 10.6 Å². The number of hydrogen-bond donors (Lipinski definition) is 2. The summed E-state index contributed by atoms with van der Waals surface area (Å²) in [6, 6.07) is 9.30. The number of amides is 1. The highest BCUT2D eigenvalue weighted by molar-refractivity contribution is 5.94. The number of guanidine groups is 1. The summed E-state index contributed by atoms with van der Waals surface area (Å²) < 4.78 is 0. The van der Waals surface area contributed by atoms with Gasteiger partial charge in [-0.2, -0.15) is 0 Å². The van der Waals surface area contributed by atoms with Crippen molar-refractivity contribution in [1.29, 1.82) is 0 Å². The largest absolute Gasteiger partial charge is 0.357 e. The van der Waals surface area contributed by atoms with Gasteiger partial charge < -0.3 is 15.5 Å². The third-order valence-electron chi connectivity index (χ3n) is 4.42. The molecule has 2 N–H and O–H groups in total. The van der Waals surface area contributed by atoms with E-state index in [2.05, 4.69) is 36.3 Å². The number of rotatable bonds is 7. The van der Waals surface area contributed by atoms with Gasteiger partial charge in [-0.25, -0.2) is 0 Å². The van der Waals surface area contributed by atoms with Gasteiger partial charge in [0.25, 0.3) is 5.91 Å². The molecular formula is C20H32N4O. The van der Waals surface area contributed by atoms with E-state index in [1.165, 1.54) is 12.8 Å². The second kappa shape index (κ2) is 10.1. The fourth-order valence-electron chi connectivity index (χ4n) is 3.33. The van der Waals surface area contributed by atoms with Gasteiger partial charge in [-0.1, -0.05) is 32.0 Å². The molecule has 1 aliphatic rings. The molecule has 0 radical (unpaired) electrons. The average molecular weight is 345 g/mol. The van der Waals surface area contributed by atoms with E-state index in [0.717, 1.165) is 37.4 Å². The van der Waals surface area contributed by atoms with Gasteiger partial charge in [-0.3, -0.25) is 9.79 Å². The Bertz CT molecular complexity index is 556. The number of benzene rings is 1. The van der Waals surface area contributed by atoms with Crippen LogP contribution in [-0.2, 0) is 0 Å². The van der Waals surface area contributed by atoms with Crippen LogP contribution in [0.1, 0.15) is 44.0 Å². The predicted octanol–water partition coefficient (Wildman–Crippen LogP) is 2.75. The number of hydrogen-bond acceptors (Lipinski definition) is 2. The summed E-state index contributed by atoms with van der Waals surface area (Å²) in [7, 11) is 0. The number of aliphatic imine (C=N–C) groups is 1. The summed E-state index contributed by atoms with van der Waals surface area (Å²) >= 11 is 0. The zero-order valence-corrected chi connectivity index (χ0v) is 15.8. The lowest BCUT2D eigenvalue weighted by molar-refractivity contribution is 0.0955. The molecule has 1 unspecified atom stereocenters. The van der Waals surface area contributed by atoms with Crippen LogP contribution >= 0.6 is 0 Å². The number of carbonyl (C=O) groups is 1. The first-order chi connectivity index (χ1) is 12.1. The molecule has 0 bridgehead atoms. The highest BCUT2D eigenvalue weighted by Crippen LogP contribution is 2.23. The maximum atomic E-state index is 12.0. The summed E-state index contributed by atoms with van der Waals surface area (Å²) in [4.78, 5) is 19.1. The van der Waals surface area contributed by atoms with Crippen LogP contribution in [0.3, 0.4) is 0 Å². The molecule has 138 valence electrons. The lowest BCUT2D eigenvalue weighted by Crippen LogP contribution is -2.40. The van der Waals surface area contributed by atoms with Crippen molar-refractivity contribution in [3.8, 4) is 0 Å². The van der Waals surface area contributed by atoms with Crippen molar-refractivity contribution in [2.45, 2.75) is 33.6 Å². The SMILES string of the molecule is CCNC(=NCCNC(=O)c1ccccc1)N1CCC(CC(C)C)C1. The molecule has 25 heavy (non-hydrogen) atoms. The Morgan fingerprint density at radius 3 is 2.72 bits per heavy atom. The van der Waals surface area contributed by atoms with Crippen molar-refractivity contribution in [2.24, 2.45) is 16.8 Å². The summed E-state index contributed by atoms with van der Waals surface area (Å²) in [5.41, 5.74) is 0.689. The summed E-state index contributed by atoms with van der Waals surface area (Å²) in [5.74, 6) is 2.45. The molecule has 0 saturated carbocycles. The molecule has 5 nitrogen and oxygen atoms in total. The molecule has 0 spiro atoms. The zero-order valence-electron chi connectivity index (χ0n) is 15.8. The standard InChI is InChI=1S/C20H32N4O/c1-4-21-20(24-13-10-17(15-24)14-16(2)3)23-12-11-22-19(25)18-8-6-5-7-9-18/h5-9,16-17H,4,10-15H2,1-3H3,(H,21,23)(H,22,25). The maximum absolute atomic E-state index is 12.0. The van der Waals surface area contributed by atoms with Gasteiger partial charge in [0.2, 0.25) is 0 Å². The number of likely N-dealkylation sites (tertiary alicyclic amines) is 1. The van der Waals surface area contributed by atoms with Gasteiger partial charge in [0.15, 0.2) is 5.96 Å². The van der Waals surface area contributed by atoms with Gasteiger partial charge in [0, 0.05) is 31.7 Å². The Kier molecular flexibility index (Phi) is 7.76. The van der Waals surface area contributed by atoms with Crippen LogP contribution in [-0.4, -0.2) is 49.5 Å². The second-order valence-corrected chi connectivity index (χ2v) is 7.09. The van der Waals surface area contributed by atoms with Gasteiger partial charge in [0.05, 0.1) is 6.54 Å². The van der Waals surface area contributed by atoms with E-state index in [1.54, 1.807) is 0 Å². The fourth-order valence-corrected chi connectivity index (χ4v) is 3.33. The molecule has 1 aromatic rings. The van der Waals surface area contributed by atoms with Crippen molar-refractivity contribution in [2.75, 3.05) is 32.7 Å². The van der Waals surface area contributed by atoms with Crippen molar-refractivity contribution in [1.82, 2.24) is 15.5 Å². The van der Waals surface area contributed by atoms with Crippen LogP contribution in [0.5, 0.6) is 0 Å². The molecule has 1 atom stereocenters. The van der Waals surface area contributed by atoms with E-state index in [-0.39, 0.29) is 5.91 Å². The third kappa shape index (κ3) is 6.40. The quantitative estimate of drug-likeness (QED) is 0.454. The molecule has 1 heterocycles. The van der Waals surface area contributed by atoms with Crippen LogP contribution in [0.25, 0.3) is 0 Å². The molecule has 2 rings (SSSR count). The van der Waals surface area contributed by atoms with E-state index >= 15 is 0 Å².